The van der Waals surface area contributed by atoms with Crippen molar-refractivity contribution in [1.29, 1.82) is 5.26 Å². The molecule has 0 saturated carbocycles. The maximum Gasteiger partial charge on any atom is 0.205 e. The third-order valence-corrected chi connectivity index (χ3v) is 6.62. The molecule has 1 spiro atoms. The Kier molecular flexibility index (Phi) is 4.46. The molecule has 3 heteroatoms. The predicted octanol–water partition coefficient (Wildman–Crippen LogP) is 6.30. The van der Waals surface area contributed by atoms with Crippen LogP contribution in [0.2, 0.25) is 0 Å². The second-order valence-electron chi connectivity index (χ2n) is 8.35. The second kappa shape index (κ2) is 7.29. The molecule has 0 aliphatic heterocycles. The molecule has 144 valence electrons. The van der Waals surface area contributed by atoms with Crippen molar-refractivity contribution in [3.8, 4) is 17.3 Å². The van der Waals surface area contributed by atoms with E-state index in [2.05, 4.69) is 58.5 Å². The van der Waals surface area contributed by atoms with E-state index < -0.39 is 0 Å². The zero-order valence-electron chi connectivity index (χ0n) is 16.7. The first-order valence-electron chi connectivity index (χ1n) is 10.4. The van der Waals surface area contributed by atoms with Gasteiger partial charge in [0, 0.05) is 11.0 Å². The van der Waals surface area contributed by atoms with Crippen molar-refractivity contribution in [1.82, 2.24) is 0 Å². The van der Waals surface area contributed by atoms with Crippen LogP contribution >= 0.6 is 0 Å². The van der Waals surface area contributed by atoms with E-state index >= 15 is 0 Å². The van der Waals surface area contributed by atoms with E-state index in [9.17, 15) is 5.26 Å². The highest BCUT2D eigenvalue weighted by atomic mass is 14.8. The lowest BCUT2D eigenvalue weighted by Gasteiger charge is -2.28. The number of nitrogens with zero attached hydrogens (tertiary/aromatic N) is 3. The van der Waals surface area contributed by atoms with E-state index in [1.807, 2.05) is 24.3 Å². The summed E-state index contributed by atoms with van der Waals surface area (Å²) in [6.07, 6.45) is 7.19. The minimum Gasteiger partial charge on any atom is -0.238 e. The zero-order valence-corrected chi connectivity index (χ0v) is 16.7. The molecule has 0 N–H and O–H groups in total. The first-order valence-corrected chi connectivity index (χ1v) is 10.4. The summed E-state index contributed by atoms with van der Waals surface area (Å²) < 4.78 is 0. The van der Waals surface area contributed by atoms with Gasteiger partial charge in [-0.3, -0.25) is 0 Å². The van der Waals surface area contributed by atoms with E-state index in [0.717, 1.165) is 54.5 Å². The smallest absolute Gasteiger partial charge is 0.205 e. The molecule has 0 saturated heterocycles. The minimum absolute atomic E-state index is 0.109. The first-order chi connectivity index (χ1) is 14.7. The molecule has 3 aromatic carbocycles. The Labute approximate surface area is 177 Å². The van der Waals surface area contributed by atoms with Crippen LogP contribution in [0.5, 0.6) is 0 Å². The van der Waals surface area contributed by atoms with E-state index in [4.69, 9.17) is 6.57 Å². The van der Waals surface area contributed by atoms with Gasteiger partial charge < -0.3 is 0 Å². The molecule has 1 atom stereocenters. The van der Waals surface area contributed by atoms with Gasteiger partial charge in [-0.2, -0.15) is 10.3 Å². The molecule has 3 nitrogen and oxygen atoms in total. The van der Waals surface area contributed by atoms with Crippen molar-refractivity contribution >= 4 is 11.4 Å². The van der Waals surface area contributed by atoms with E-state index in [-0.39, 0.29) is 5.41 Å². The third kappa shape index (κ3) is 3.00. The summed E-state index contributed by atoms with van der Waals surface area (Å²) in [5, 5.41) is 9.52. The molecule has 30 heavy (non-hydrogen) atoms. The van der Waals surface area contributed by atoms with E-state index in [1.54, 1.807) is 0 Å². The van der Waals surface area contributed by atoms with Crippen molar-refractivity contribution in [3.63, 3.8) is 0 Å². The summed E-state index contributed by atoms with van der Waals surface area (Å²) in [5.74, 6) is 0. The fraction of sp³-hybridized carbons (Fsp3) is 0.222. The summed E-state index contributed by atoms with van der Waals surface area (Å²) in [7, 11) is 0. The van der Waals surface area contributed by atoms with Gasteiger partial charge in [-0.15, -0.1) is 0 Å². The molecule has 5 rings (SSSR count). The fourth-order valence-corrected chi connectivity index (χ4v) is 5.25. The standard InChI is InChI=1S/C27H21N3/c1-29-24-10-4-8-20(14-24)21-11-12-23-17-27(26(30-18-28)25(23)15-21)13-5-9-19-6-2-3-7-22(19)16-27/h2-4,6-8,10-12,14-15H,5,9,13,16-17H2. The number of aryl methyl sites for hydroxylation is 1. The summed E-state index contributed by atoms with van der Waals surface area (Å²) in [6, 6.07) is 22.9. The van der Waals surface area contributed by atoms with E-state index in [1.165, 1.54) is 16.7 Å². The van der Waals surface area contributed by atoms with E-state index in [0.29, 0.717) is 5.69 Å². The molecule has 3 aromatic rings. The van der Waals surface area contributed by atoms with Gasteiger partial charge in [-0.05, 0) is 72.1 Å². The summed E-state index contributed by atoms with van der Waals surface area (Å²) in [5.41, 5.74) is 8.75. The van der Waals surface area contributed by atoms with Crippen LogP contribution in [0, 0.1) is 23.4 Å². The van der Waals surface area contributed by atoms with Crippen LogP contribution in [0.4, 0.5) is 5.69 Å². The van der Waals surface area contributed by atoms with Crippen molar-refractivity contribution in [2.75, 3.05) is 0 Å². The average Bonchev–Trinajstić information content (AvgIpc) is 2.94. The van der Waals surface area contributed by atoms with Crippen molar-refractivity contribution < 1.29 is 0 Å². The fourth-order valence-electron chi connectivity index (χ4n) is 5.25. The quantitative estimate of drug-likeness (QED) is 0.357. The number of nitriles is 1. The summed E-state index contributed by atoms with van der Waals surface area (Å²) >= 11 is 0. The lowest BCUT2D eigenvalue weighted by Crippen LogP contribution is -2.30. The van der Waals surface area contributed by atoms with Crippen LogP contribution in [0.25, 0.3) is 16.0 Å². The highest BCUT2D eigenvalue weighted by molar-refractivity contribution is 6.10. The number of aliphatic imine (C=N–C) groups is 1. The number of benzene rings is 3. The van der Waals surface area contributed by atoms with Gasteiger partial charge in [0.2, 0.25) is 6.19 Å². The highest BCUT2D eigenvalue weighted by Gasteiger charge is 2.44. The number of hydrogen-bond donors (Lipinski definition) is 0. The molecule has 0 amide bonds. The van der Waals surface area contributed by atoms with Gasteiger partial charge in [-0.25, -0.2) is 4.85 Å². The molecular formula is C27H21N3. The molecular weight excluding hydrogens is 366 g/mol. The van der Waals surface area contributed by atoms with Crippen molar-refractivity contribution in [2.45, 2.75) is 32.1 Å². The van der Waals surface area contributed by atoms with Gasteiger partial charge in [0.05, 0.1) is 12.3 Å². The molecule has 0 radical (unpaired) electrons. The molecule has 0 fully saturated rings. The molecule has 2 aliphatic carbocycles. The van der Waals surface area contributed by atoms with Crippen molar-refractivity contribution in [3.05, 3.63) is 100 Å². The minimum atomic E-state index is -0.109. The number of hydrogen-bond acceptors (Lipinski definition) is 2. The monoisotopic (exact) mass is 387 g/mol. The molecule has 0 aromatic heterocycles. The highest BCUT2D eigenvalue weighted by Crippen LogP contribution is 2.47. The molecule has 1 unspecified atom stereocenters. The SMILES string of the molecule is [C-]#[N+]c1cccc(-c2ccc3c(c2)C(=NC#N)C2(CCCc4ccccc4C2)C3)c1. The van der Waals surface area contributed by atoms with Gasteiger partial charge in [0.15, 0.2) is 5.69 Å². The van der Waals surface area contributed by atoms with Gasteiger partial charge in [0.25, 0.3) is 0 Å². The summed E-state index contributed by atoms with van der Waals surface area (Å²) in [4.78, 5) is 7.96. The Hall–Kier alpha value is -3.69. The lowest BCUT2D eigenvalue weighted by molar-refractivity contribution is 0.392. The van der Waals surface area contributed by atoms with Crippen LogP contribution in [0.1, 0.15) is 35.1 Å². The van der Waals surface area contributed by atoms with Crippen LogP contribution in [0.3, 0.4) is 0 Å². The van der Waals surface area contributed by atoms with Gasteiger partial charge in [-0.1, -0.05) is 54.6 Å². The van der Waals surface area contributed by atoms with Crippen LogP contribution in [-0.4, -0.2) is 5.71 Å². The Morgan fingerprint density at radius 1 is 0.900 bits per heavy atom. The van der Waals surface area contributed by atoms with Crippen LogP contribution in [-0.2, 0) is 19.3 Å². The normalized spacial score (nSPS) is 20.8. The maximum absolute atomic E-state index is 9.52. The van der Waals surface area contributed by atoms with Crippen LogP contribution < -0.4 is 0 Å². The van der Waals surface area contributed by atoms with Gasteiger partial charge >= 0.3 is 0 Å². The van der Waals surface area contributed by atoms with Gasteiger partial charge in [0.1, 0.15) is 0 Å². The molecule has 0 bridgehead atoms. The van der Waals surface area contributed by atoms with Crippen molar-refractivity contribution in [2.24, 2.45) is 10.4 Å². The largest absolute Gasteiger partial charge is 0.238 e. The first kappa shape index (κ1) is 18.3. The second-order valence-corrected chi connectivity index (χ2v) is 8.35. The Morgan fingerprint density at radius 3 is 2.53 bits per heavy atom. The average molecular weight is 387 g/mol. The number of rotatable bonds is 1. The number of fused-ring (bicyclic) bond motifs is 2. The molecule has 0 heterocycles. The Bertz CT molecular complexity index is 1260. The van der Waals surface area contributed by atoms with Crippen LogP contribution in [0.15, 0.2) is 71.7 Å². The Balaban J connectivity index is 1.61. The maximum atomic E-state index is 9.52. The zero-order chi connectivity index (χ0) is 20.6. The predicted molar refractivity (Wildman–Crippen MR) is 120 cm³/mol. The lowest BCUT2D eigenvalue weighted by atomic mass is 9.75. The molecule has 2 aliphatic rings. The topological polar surface area (TPSA) is 40.5 Å². The third-order valence-electron chi connectivity index (χ3n) is 6.62. The Morgan fingerprint density at radius 2 is 1.70 bits per heavy atom. The summed E-state index contributed by atoms with van der Waals surface area (Å²) in [6.45, 7) is 7.29.